The van der Waals surface area contributed by atoms with E-state index < -0.39 is 0 Å². The zero-order valence-electron chi connectivity index (χ0n) is 10.3. The highest BCUT2D eigenvalue weighted by Crippen LogP contribution is 2.30. The lowest BCUT2D eigenvalue weighted by Crippen LogP contribution is -2.56. The Morgan fingerprint density at radius 2 is 2.19 bits per heavy atom. The van der Waals surface area contributed by atoms with Crippen LogP contribution in [0.1, 0.15) is 19.3 Å². The fraction of sp³-hybridized carbons (Fsp3) is 1.00. The first-order valence-corrected chi connectivity index (χ1v) is 6.51. The number of hydrogen-bond acceptors (Lipinski definition) is 4. The highest BCUT2D eigenvalue weighted by atomic mass is 16.3. The minimum absolute atomic E-state index is 0.174. The normalized spacial score (nSPS) is 34.7. The number of piperidine rings is 2. The molecule has 2 saturated heterocycles. The molecule has 3 N–H and O–H groups in total. The largest absolute Gasteiger partial charge is 0.395 e. The maximum Gasteiger partial charge on any atom is 0.0599 e. The molecule has 2 rings (SSSR count). The summed E-state index contributed by atoms with van der Waals surface area (Å²) in [6, 6.07) is 0.940. The van der Waals surface area contributed by atoms with E-state index in [1.165, 1.54) is 25.8 Å². The van der Waals surface area contributed by atoms with Crippen LogP contribution in [0.5, 0.6) is 0 Å². The molecule has 2 aliphatic rings. The molecule has 0 radical (unpaired) electrons. The second kappa shape index (κ2) is 5.45. The van der Waals surface area contributed by atoms with Gasteiger partial charge in [0.15, 0.2) is 0 Å². The third-order valence-corrected chi connectivity index (χ3v) is 4.38. The van der Waals surface area contributed by atoms with E-state index in [2.05, 4.69) is 16.8 Å². The molecule has 2 fully saturated rings. The summed E-state index contributed by atoms with van der Waals surface area (Å²) in [5.74, 6) is 0.785. The van der Waals surface area contributed by atoms with Crippen molar-refractivity contribution < 1.29 is 5.11 Å². The van der Waals surface area contributed by atoms with Crippen molar-refractivity contribution in [3.63, 3.8) is 0 Å². The van der Waals surface area contributed by atoms with Gasteiger partial charge in [-0.15, -0.1) is 0 Å². The second-order valence-corrected chi connectivity index (χ2v) is 5.31. The third kappa shape index (κ3) is 2.40. The van der Waals surface area contributed by atoms with Crippen molar-refractivity contribution >= 4 is 0 Å². The van der Waals surface area contributed by atoms with E-state index >= 15 is 0 Å². The number of aliphatic hydroxyl groups is 1. The van der Waals surface area contributed by atoms with Crippen molar-refractivity contribution in [3.8, 4) is 0 Å². The van der Waals surface area contributed by atoms with Crippen LogP contribution in [0.2, 0.25) is 0 Å². The molecule has 0 saturated carbocycles. The summed E-state index contributed by atoms with van der Waals surface area (Å²) in [6.07, 6.45) is 3.89. The van der Waals surface area contributed by atoms with E-state index in [-0.39, 0.29) is 12.6 Å². The van der Waals surface area contributed by atoms with Crippen LogP contribution in [0.15, 0.2) is 0 Å². The smallest absolute Gasteiger partial charge is 0.0599 e. The molecule has 94 valence electrons. The van der Waals surface area contributed by atoms with E-state index in [9.17, 15) is 5.11 Å². The molecule has 3 unspecified atom stereocenters. The van der Waals surface area contributed by atoms with Crippen LogP contribution in [-0.2, 0) is 0 Å². The molecule has 0 aromatic carbocycles. The SMILES string of the molecule is CN1CCCC2CN(C(CN)CO)CCC21. The van der Waals surface area contributed by atoms with E-state index in [1.807, 2.05) is 0 Å². The predicted octanol–water partition coefficient (Wildman–Crippen LogP) is -0.278. The summed E-state index contributed by atoms with van der Waals surface area (Å²) in [7, 11) is 2.25. The molecule has 0 spiro atoms. The van der Waals surface area contributed by atoms with Crippen LogP contribution in [0.4, 0.5) is 0 Å². The lowest BCUT2D eigenvalue weighted by Gasteiger charge is -2.47. The van der Waals surface area contributed by atoms with E-state index in [1.54, 1.807) is 0 Å². The quantitative estimate of drug-likeness (QED) is 0.696. The van der Waals surface area contributed by atoms with Crippen molar-refractivity contribution in [1.82, 2.24) is 9.80 Å². The Bertz CT molecular complexity index is 220. The van der Waals surface area contributed by atoms with Crippen molar-refractivity contribution in [3.05, 3.63) is 0 Å². The Hall–Kier alpha value is -0.160. The molecule has 16 heavy (non-hydrogen) atoms. The molecule has 4 nitrogen and oxygen atoms in total. The van der Waals surface area contributed by atoms with Gasteiger partial charge in [0, 0.05) is 31.7 Å². The van der Waals surface area contributed by atoms with E-state index in [4.69, 9.17) is 5.73 Å². The zero-order valence-corrected chi connectivity index (χ0v) is 10.3. The van der Waals surface area contributed by atoms with Gasteiger partial charge in [0.05, 0.1) is 6.61 Å². The van der Waals surface area contributed by atoms with Crippen LogP contribution in [0.3, 0.4) is 0 Å². The molecule has 3 atom stereocenters. The van der Waals surface area contributed by atoms with Gasteiger partial charge >= 0.3 is 0 Å². The van der Waals surface area contributed by atoms with Gasteiger partial charge < -0.3 is 15.7 Å². The molecule has 0 aromatic rings. The topological polar surface area (TPSA) is 52.7 Å². The number of likely N-dealkylation sites (tertiary alicyclic amines) is 2. The average Bonchev–Trinajstić information content (AvgIpc) is 2.31. The number of aliphatic hydroxyl groups excluding tert-OH is 1. The standard InChI is InChI=1S/C12H25N3O/c1-14-5-2-3-10-8-15(6-4-12(10)14)11(7-13)9-16/h10-12,16H,2-9,13H2,1H3. The Morgan fingerprint density at radius 3 is 2.88 bits per heavy atom. The molecule has 0 aromatic heterocycles. The van der Waals surface area contributed by atoms with Crippen LogP contribution in [0, 0.1) is 5.92 Å². The summed E-state index contributed by atoms with van der Waals surface area (Å²) >= 11 is 0. The van der Waals surface area contributed by atoms with Crippen molar-refractivity contribution in [1.29, 1.82) is 0 Å². The molecule has 2 aliphatic heterocycles. The maximum atomic E-state index is 9.29. The number of nitrogens with two attached hydrogens (primary N) is 1. The first-order chi connectivity index (χ1) is 7.76. The van der Waals surface area contributed by atoms with Crippen molar-refractivity contribution in [2.75, 3.05) is 39.8 Å². The van der Waals surface area contributed by atoms with Crippen molar-refractivity contribution in [2.24, 2.45) is 11.7 Å². The van der Waals surface area contributed by atoms with Gasteiger partial charge in [0.1, 0.15) is 0 Å². The summed E-state index contributed by atoms with van der Waals surface area (Å²) in [6.45, 7) is 4.24. The number of rotatable bonds is 3. The highest BCUT2D eigenvalue weighted by Gasteiger charge is 2.35. The maximum absolute atomic E-state index is 9.29. The van der Waals surface area contributed by atoms with Gasteiger partial charge in [-0.3, -0.25) is 4.90 Å². The first-order valence-electron chi connectivity index (χ1n) is 6.51. The minimum Gasteiger partial charge on any atom is -0.395 e. The van der Waals surface area contributed by atoms with Gasteiger partial charge in [-0.2, -0.15) is 0 Å². The third-order valence-electron chi connectivity index (χ3n) is 4.38. The summed E-state index contributed by atoms with van der Waals surface area (Å²) < 4.78 is 0. The molecule has 0 aliphatic carbocycles. The first kappa shape index (κ1) is 12.3. The number of hydrogen-bond donors (Lipinski definition) is 2. The van der Waals surface area contributed by atoms with Gasteiger partial charge in [-0.25, -0.2) is 0 Å². The van der Waals surface area contributed by atoms with E-state index in [0.29, 0.717) is 6.54 Å². The minimum atomic E-state index is 0.174. The molecular formula is C12H25N3O. The van der Waals surface area contributed by atoms with Gasteiger partial charge in [0.2, 0.25) is 0 Å². The monoisotopic (exact) mass is 227 g/mol. The Morgan fingerprint density at radius 1 is 1.38 bits per heavy atom. The fourth-order valence-electron chi connectivity index (χ4n) is 3.35. The summed E-state index contributed by atoms with van der Waals surface area (Å²) in [5, 5.41) is 9.29. The van der Waals surface area contributed by atoms with Crippen LogP contribution in [0.25, 0.3) is 0 Å². The fourth-order valence-corrected chi connectivity index (χ4v) is 3.35. The summed E-state index contributed by atoms with van der Waals surface area (Å²) in [5.41, 5.74) is 5.70. The van der Waals surface area contributed by atoms with Crippen LogP contribution >= 0.6 is 0 Å². The van der Waals surface area contributed by atoms with E-state index in [0.717, 1.165) is 25.0 Å². The summed E-state index contributed by atoms with van der Waals surface area (Å²) in [4.78, 5) is 4.90. The number of fused-ring (bicyclic) bond motifs is 1. The Balaban J connectivity index is 1.94. The van der Waals surface area contributed by atoms with Gasteiger partial charge in [-0.1, -0.05) is 0 Å². The zero-order chi connectivity index (χ0) is 11.5. The second-order valence-electron chi connectivity index (χ2n) is 5.31. The Labute approximate surface area is 98.4 Å². The average molecular weight is 227 g/mol. The molecule has 4 heteroatoms. The van der Waals surface area contributed by atoms with Gasteiger partial charge in [0.25, 0.3) is 0 Å². The molecular weight excluding hydrogens is 202 g/mol. The lowest BCUT2D eigenvalue weighted by molar-refractivity contribution is 0.00960. The Kier molecular flexibility index (Phi) is 4.19. The highest BCUT2D eigenvalue weighted by molar-refractivity contribution is 4.91. The molecule has 0 bridgehead atoms. The van der Waals surface area contributed by atoms with Crippen LogP contribution in [-0.4, -0.2) is 66.8 Å². The number of nitrogens with zero attached hydrogens (tertiary/aromatic N) is 2. The van der Waals surface area contributed by atoms with Crippen molar-refractivity contribution in [2.45, 2.75) is 31.3 Å². The lowest BCUT2D eigenvalue weighted by atomic mass is 9.83. The van der Waals surface area contributed by atoms with Crippen LogP contribution < -0.4 is 5.73 Å². The predicted molar refractivity (Wildman–Crippen MR) is 65.3 cm³/mol. The molecule has 2 heterocycles. The molecule has 0 amide bonds. The van der Waals surface area contributed by atoms with Gasteiger partial charge in [-0.05, 0) is 38.8 Å².